The number of rotatable bonds is 34. The zero-order chi connectivity index (χ0) is 39.1. The maximum atomic E-state index is 13.0. The third-order valence-corrected chi connectivity index (χ3v) is 10.5. The van der Waals surface area contributed by atoms with Crippen LogP contribution in [0.2, 0.25) is 0 Å². The number of carbonyl (C=O) groups excluding carboxylic acids is 1. The summed E-state index contributed by atoms with van der Waals surface area (Å²) in [5.74, 6) is 0.464. The molecule has 0 radical (unpaired) electrons. The SMILES string of the molecule is CCCCCCCCCCCCCCCCc1cc([N+](=O)[O-])ccc1OC(=O)Oc1ccc([N+](=O)[O-])cc1CCCCCCCCCCCCCCCC. The van der Waals surface area contributed by atoms with E-state index in [-0.39, 0.29) is 22.9 Å². The number of carbonyl (C=O) groups is 1. The Labute approximate surface area is 326 Å². The molecule has 304 valence electrons. The van der Waals surface area contributed by atoms with Gasteiger partial charge in [-0.15, -0.1) is 0 Å². The van der Waals surface area contributed by atoms with Crippen molar-refractivity contribution < 1.29 is 24.1 Å². The Balaban J connectivity index is 1.78. The van der Waals surface area contributed by atoms with Crippen molar-refractivity contribution in [2.45, 2.75) is 206 Å². The number of nitro groups is 2. The van der Waals surface area contributed by atoms with E-state index in [1.807, 2.05) is 0 Å². The molecule has 0 aliphatic rings. The molecule has 0 fully saturated rings. The van der Waals surface area contributed by atoms with Crippen LogP contribution in [0.3, 0.4) is 0 Å². The molecule has 0 aliphatic carbocycles. The Morgan fingerprint density at radius 3 is 0.963 bits per heavy atom. The van der Waals surface area contributed by atoms with Crippen LogP contribution in [0.1, 0.15) is 205 Å². The summed E-state index contributed by atoms with van der Waals surface area (Å²) in [5, 5.41) is 23.0. The molecule has 9 nitrogen and oxygen atoms in total. The summed E-state index contributed by atoms with van der Waals surface area (Å²) in [6, 6.07) is 8.48. The van der Waals surface area contributed by atoms with Crippen molar-refractivity contribution in [2.75, 3.05) is 0 Å². The van der Waals surface area contributed by atoms with E-state index in [9.17, 15) is 25.0 Å². The Morgan fingerprint density at radius 1 is 0.444 bits per heavy atom. The summed E-state index contributed by atoms with van der Waals surface area (Å²) >= 11 is 0. The van der Waals surface area contributed by atoms with Crippen molar-refractivity contribution in [3.05, 3.63) is 67.8 Å². The Kier molecular flexibility index (Phi) is 26.6. The van der Waals surface area contributed by atoms with Gasteiger partial charge < -0.3 is 9.47 Å². The molecule has 9 heteroatoms. The average molecular weight is 753 g/mol. The Morgan fingerprint density at radius 2 is 0.704 bits per heavy atom. The lowest BCUT2D eigenvalue weighted by Crippen LogP contribution is -2.16. The lowest BCUT2D eigenvalue weighted by atomic mass is 10.0. The highest BCUT2D eigenvalue weighted by molar-refractivity contribution is 5.69. The lowest BCUT2D eigenvalue weighted by molar-refractivity contribution is -0.385. The number of hydrogen-bond donors (Lipinski definition) is 0. The van der Waals surface area contributed by atoms with Crippen LogP contribution in [-0.4, -0.2) is 16.0 Å². The first-order chi connectivity index (χ1) is 26.3. The molecule has 2 aromatic carbocycles. The first-order valence-corrected chi connectivity index (χ1v) is 21.8. The number of aryl methyl sites for hydroxylation is 2. The van der Waals surface area contributed by atoms with Gasteiger partial charge in [0.2, 0.25) is 0 Å². The highest BCUT2D eigenvalue weighted by atomic mass is 16.7. The van der Waals surface area contributed by atoms with E-state index in [4.69, 9.17) is 9.47 Å². The minimum absolute atomic E-state index is 0.0538. The number of unbranched alkanes of at least 4 members (excludes halogenated alkanes) is 26. The molecule has 0 bridgehead atoms. The topological polar surface area (TPSA) is 122 Å². The predicted molar refractivity (Wildman–Crippen MR) is 221 cm³/mol. The van der Waals surface area contributed by atoms with Gasteiger partial charge in [-0.1, -0.05) is 181 Å². The van der Waals surface area contributed by atoms with Gasteiger partial charge in [0.25, 0.3) is 11.4 Å². The van der Waals surface area contributed by atoms with Crippen LogP contribution in [-0.2, 0) is 12.8 Å². The largest absolute Gasteiger partial charge is 0.519 e. The first-order valence-electron chi connectivity index (χ1n) is 21.8. The zero-order valence-corrected chi connectivity index (χ0v) is 33.9. The molecule has 2 rings (SSSR count). The number of nitro benzene ring substituents is 2. The van der Waals surface area contributed by atoms with Gasteiger partial charge in [-0.2, -0.15) is 0 Å². The standard InChI is InChI=1S/C45H72N2O7/c1-3-5-7-9-11-13-15-17-19-21-23-25-27-29-31-39-37-41(46(49)50)33-35-43(39)53-45(48)54-44-36-34-42(47(51)52)38-40(44)32-30-28-26-24-22-20-18-16-14-12-10-8-6-4-2/h33-38H,3-32H2,1-2H3. The van der Waals surface area contributed by atoms with E-state index >= 15 is 0 Å². The van der Waals surface area contributed by atoms with E-state index in [1.54, 1.807) is 0 Å². The smallest absolute Gasteiger partial charge is 0.394 e. The van der Waals surface area contributed by atoms with E-state index in [0.717, 1.165) is 38.5 Å². The molecule has 0 aromatic heterocycles. The van der Waals surface area contributed by atoms with Crippen LogP contribution in [0.25, 0.3) is 0 Å². The van der Waals surface area contributed by atoms with E-state index in [0.29, 0.717) is 24.0 Å². The van der Waals surface area contributed by atoms with Crippen LogP contribution in [0.5, 0.6) is 11.5 Å². The molecule has 0 N–H and O–H groups in total. The molecule has 0 amide bonds. The molecule has 0 spiro atoms. The Bertz CT molecular complexity index is 1220. The number of benzene rings is 2. The fraction of sp³-hybridized carbons (Fsp3) is 0.711. The maximum Gasteiger partial charge on any atom is 0.519 e. The summed E-state index contributed by atoms with van der Waals surface area (Å²) in [4.78, 5) is 35.1. The van der Waals surface area contributed by atoms with E-state index in [2.05, 4.69) is 13.8 Å². The van der Waals surface area contributed by atoms with Gasteiger partial charge in [0.15, 0.2) is 0 Å². The molecule has 0 atom stereocenters. The molecule has 54 heavy (non-hydrogen) atoms. The number of nitrogens with zero attached hydrogens (tertiary/aromatic N) is 2. The van der Waals surface area contributed by atoms with Crippen molar-refractivity contribution in [3.8, 4) is 11.5 Å². The molecule has 2 aromatic rings. The summed E-state index contributed by atoms with van der Waals surface area (Å²) < 4.78 is 11.2. The minimum atomic E-state index is -0.970. The average Bonchev–Trinajstić information content (AvgIpc) is 3.16. The van der Waals surface area contributed by atoms with Crippen molar-refractivity contribution in [3.63, 3.8) is 0 Å². The molecule has 0 unspecified atom stereocenters. The zero-order valence-electron chi connectivity index (χ0n) is 33.9. The van der Waals surface area contributed by atoms with Crippen molar-refractivity contribution in [1.29, 1.82) is 0 Å². The van der Waals surface area contributed by atoms with Gasteiger partial charge in [0.1, 0.15) is 11.5 Å². The van der Waals surface area contributed by atoms with Gasteiger partial charge in [-0.25, -0.2) is 4.79 Å². The van der Waals surface area contributed by atoms with Gasteiger partial charge in [-0.05, 0) is 37.8 Å². The van der Waals surface area contributed by atoms with E-state index < -0.39 is 16.0 Å². The number of non-ortho nitro benzene ring substituents is 2. The van der Waals surface area contributed by atoms with Crippen molar-refractivity contribution >= 4 is 17.5 Å². The normalized spacial score (nSPS) is 11.1. The van der Waals surface area contributed by atoms with Crippen LogP contribution >= 0.6 is 0 Å². The lowest BCUT2D eigenvalue weighted by Gasteiger charge is -2.13. The quantitative estimate of drug-likeness (QED) is 0.0229. The maximum absolute atomic E-state index is 13.0. The predicted octanol–water partition coefficient (Wildman–Crippen LogP) is 15.1. The number of hydrogen-bond acceptors (Lipinski definition) is 7. The molecule has 0 heterocycles. The van der Waals surface area contributed by atoms with Gasteiger partial charge >= 0.3 is 6.16 Å². The van der Waals surface area contributed by atoms with Crippen LogP contribution in [0.4, 0.5) is 16.2 Å². The summed E-state index contributed by atoms with van der Waals surface area (Å²) in [7, 11) is 0. The third kappa shape index (κ3) is 22.0. The molecule has 0 saturated carbocycles. The molecular formula is C45H72N2O7. The third-order valence-electron chi connectivity index (χ3n) is 10.5. The Hall–Kier alpha value is -3.49. The monoisotopic (exact) mass is 753 g/mol. The summed E-state index contributed by atoms with van der Waals surface area (Å²) in [6.07, 6.45) is 34.8. The van der Waals surface area contributed by atoms with Crippen LogP contribution in [0.15, 0.2) is 36.4 Å². The fourth-order valence-corrected chi connectivity index (χ4v) is 7.17. The van der Waals surface area contributed by atoms with Crippen LogP contribution in [0, 0.1) is 20.2 Å². The summed E-state index contributed by atoms with van der Waals surface area (Å²) in [6.45, 7) is 4.50. The van der Waals surface area contributed by atoms with E-state index in [1.165, 1.54) is 178 Å². The highest BCUT2D eigenvalue weighted by Crippen LogP contribution is 2.30. The van der Waals surface area contributed by atoms with Crippen molar-refractivity contribution in [2.24, 2.45) is 0 Å². The first kappa shape index (κ1) is 46.7. The minimum Gasteiger partial charge on any atom is -0.394 e. The van der Waals surface area contributed by atoms with Gasteiger partial charge in [0, 0.05) is 35.4 Å². The molecular weight excluding hydrogens is 681 g/mol. The second kappa shape index (κ2) is 30.8. The van der Waals surface area contributed by atoms with Crippen LogP contribution < -0.4 is 9.47 Å². The second-order valence-electron chi connectivity index (χ2n) is 15.2. The highest BCUT2D eigenvalue weighted by Gasteiger charge is 2.19. The van der Waals surface area contributed by atoms with Crippen molar-refractivity contribution in [1.82, 2.24) is 0 Å². The molecule has 0 aliphatic heterocycles. The van der Waals surface area contributed by atoms with Gasteiger partial charge in [-0.3, -0.25) is 20.2 Å². The second-order valence-corrected chi connectivity index (χ2v) is 15.2. The van der Waals surface area contributed by atoms with Gasteiger partial charge in [0.05, 0.1) is 9.85 Å². The number of ether oxygens (including phenoxy) is 2. The molecule has 0 saturated heterocycles. The summed E-state index contributed by atoms with van der Waals surface area (Å²) in [5.41, 5.74) is 1.07. The fourth-order valence-electron chi connectivity index (χ4n) is 7.17.